The summed E-state index contributed by atoms with van der Waals surface area (Å²) in [6.07, 6.45) is 4.36. The van der Waals surface area contributed by atoms with Crippen LogP contribution in [0.3, 0.4) is 0 Å². The largest absolute Gasteiger partial charge is 0.376 e. The minimum Gasteiger partial charge on any atom is -0.376 e. The Labute approximate surface area is 192 Å². The van der Waals surface area contributed by atoms with Crippen molar-refractivity contribution in [2.45, 2.75) is 36.4 Å². The summed E-state index contributed by atoms with van der Waals surface area (Å²) in [6.45, 7) is 1.56. The predicted octanol–water partition coefficient (Wildman–Crippen LogP) is 5.61. The molecule has 0 radical (unpaired) electrons. The van der Waals surface area contributed by atoms with Crippen LogP contribution in [-0.4, -0.2) is 37.6 Å². The summed E-state index contributed by atoms with van der Waals surface area (Å²) in [6, 6.07) is 14.3. The first-order chi connectivity index (χ1) is 15.8. The maximum atomic E-state index is 5.93. The zero-order chi connectivity index (χ0) is 21.3. The van der Waals surface area contributed by atoms with Gasteiger partial charge in [0.2, 0.25) is 0 Å². The molecule has 7 nitrogen and oxygen atoms in total. The van der Waals surface area contributed by atoms with Gasteiger partial charge in [-0.25, -0.2) is 0 Å². The summed E-state index contributed by atoms with van der Waals surface area (Å²) < 4.78 is 13.6. The number of rotatable bonds is 7. The Bertz CT molecular complexity index is 1330. The number of nitrogens with one attached hydrogen (secondary N) is 1. The quantitative estimate of drug-likeness (QED) is 0.316. The molecule has 1 N–H and O–H groups in total. The topological polar surface area (TPSA) is 81.8 Å². The molecule has 0 aliphatic carbocycles. The Balaban J connectivity index is 1.30. The van der Waals surface area contributed by atoms with Gasteiger partial charge in [0.05, 0.1) is 23.2 Å². The molecular weight excluding hydrogens is 442 g/mol. The number of aromatic nitrogens is 5. The molecule has 1 aliphatic heterocycles. The third-order valence-corrected chi connectivity index (χ3v) is 7.51. The van der Waals surface area contributed by atoms with E-state index in [1.54, 1.807) is 23.1 Å². The second-order valence-electron chi connectivity index (χ2n) is 7.75. The Morgan fingerprint density at radius 3 is 3.03 bits per heavy atom. The van der Waals surface area contributed by atoms with Gasteiger partial charge in [0.15, 0.2) is 16.7 Å². The van der Waals surface area contributed by atoms with Crippen LogP contribution in [0.2, 0.25) is 0 Å². The molecule has 5 heterocycles. The number of para-hydroxylation sites is 1. The Morgan fingerprint density at radius 1 is 1.19 bits per heavy atom. The van der Waals surface area contributed by atoms with E-state index in [-0.39, 0.29) is 6.10 Å². The summed E-state index contributed by atoms with van der Waals surface area (Å²) >= 11 is 3.26. The van der Waals surface area contributed by atoms with Crippen molar-refractivity contribution < 1.29 is 9.26 Å². The number of ether oxygens (including phenoxy) is 1. The minimum atomic E-state index is 0.187. The van der Waals surface area contributed by atoms with Crippen LogP contribution in [0.25, 0.3) is 32.9 Å². The van der Waals surface area contributed by atoms with Gasteiger partial charge in [-0.2, -0.15) is 0 Å². The number of aromatic amines is 1. The van der Waals surface area contributed by atoms with Gasteiger partial charge in [0.1, 0.15) is 0 Å². The summed E-state index contributed by atoms with van der Waals surface area (Å²) in [7, 11) is 0. The summed E-state index contributed by atoms with van der Waals surface area (Å²) in [5.41, 5.74) is 3.03. The second kappa shape index (κ2) is 8.57. The van der Waals surface area contributed by atoms with Crippen LogP contribution >= 0.6 is 23.1 Å². The van der Waals surface area contributed by atoms with Gasteiger partial charge in [-0.05, 0) is 30.4 Å². The summed E-state index contributed by atoms with van der Waals surface area (Å²) in [4.78, 5) is 4.43. The molecule has 1 unspecified atom stereocenters. The van der Waals surface area contributed by atoms with Crippen molar-refractivity contribution in [2.75, 3.05) is 6.61 Å². The molecule has 0 spiro atoms. The van der Waals surface area contributed by atoms with E-state index in [1.165, 1.54) is 0 Å². The van der Waals surface area contributed by atoms with E-state index >= 15 is 0 Å². The second-order valence-corrected chi connectivity index (χ2v) is 9.64. The van der Waals surface area contributed by atoms with E-state index < -0.39 is 0 Å². The van der Waals surface area contributed by atoms with Crippen molar-refractivity contribution >= 4 is 34.0 Å². The molecule has 1 aliphatic rings. The number of fused-ring (bicyclic) bond motifs is 1. The van der Waals surface area contributed by atoms with Crippen molar-refractivity contribution in [1.29, 1.82) is 0 Å². The fraction of sp³-hybridized carbons (Fsp3) is 0.261. The number of H-pyrrole nitrogens is 1. The van der Waals surface area contributed by atoms with E-state index in [2.05, 4.69) is 37.0 Å². The number of hydrogen-bond donors (Lipinski definition) is 1. The van der Waals surface area contributed by atoms with Gasteiger partial charge < -0.3 is 14.2 Å². The van der Waals surface area contributed by atoms with Crippen LogP contribution in [0.1, 0.15) is 18.5 Å². The van der Waals surface area contributed by atoms with Crippen LogP contribution in [0.4, 0.5) is 0 Å². The normalized spacial score (nSPS) is 16.3. The lowest BCUT2D eigenvalue weighted by Gasteiger charge is -2.14. The van der Waals surface area contributed by atoms with Gasteiger partial charge in [-0.3, -0.25) is 4.57 Å². The van der Waals surface area contributed by atoms with Gasteiger partial charge in [-0.15, -0.1) is 21.5 Å². The Kier molecular flexibility index (Phi) is 5.30. The molecule has 162 valence electrons. The zero-order valence-electron chi connectivity index (χ0n) is 17.2. The first kappa shape index (κ1) is 19.8. The molecule has 1 atom stereocenters. The Hall–Kier alpha value is -2.88. The molecule has 1 saturated heterocycles. The summed E-state index contributed by atoms with van der Waals surface area (Å²) in [5.74, 6) is 2.32. The fourth-order valence-corrected chi connectivity index (χ4v) is 5.56. The molecule has 0 bridgehead atoms. The first-order valence-corrected chi connectivity index (χ1v) is 12.5. The van der Waals surface area contributed by atoms with Crippen LogP contribution in [0.15, 0.2) is 63.7 Å². The third kappa shape index (κ3) is 3.76. The van der Waals surface area contributed by atoms with E-state index in [4.69, 9.17) is 9.26 Å². The Morgan fingerprint density at radius 2 is 2.16 bits per heavy atom. The number of thiophene rings is 1. The van der Waals surface area contributed by atoms with E-state index in [0.29, 0.717) is 5.75 Å². The SMILES string of the molecule is c1csc(-c2cc(CSc3nnc(-c4c[nH]c5ccccc45)n3CC3CCCO3)no2)c1. The van der Waals surface area contributed by atoms with Crippen LogP contribution in [0.5, 0.6) is 0 Å². The minimum absolute atomic E-state index is 0.187. The van der Waals surface area contributed by atoms with Crippen LogP contribution < -0.4 is 0 Å². The van der Waals surface area contributed by atoms with Gasteiger partial charge in [0, 0.05) is 41.1 Å². The molecule has 9 heteroatoms. The highest BCUT2D eigenvalue weighted by Gasteiger charge is 2.23. The first-order valence-electron chi connectivity index (χ1n) is 10.6. The molecule has 5 aromatic rings. The zero-order valence-corrected chi connectivity index (χ0v) is 18.9. The lowest BCUT2D eigenvalue weighted by molar-refractivity contribution is 0.0953. The average Bonchev–Trinajstić information content (AvgIpc) is 3.64. The lowest BCUT2D eigenvalue weighted by atomic mass is 10.1. The molecule has 32 heavy (non-hydrogen) atoms. The van der Waals surface area contributed by atoms with Crippen molar-refractivity contribution in [3.05, 3.63) is 59.7 Å². The average molecular weight is 464 g/mol. The smallest absolute Gasteiger partial charge is 0.191 e. The maximum Gasteiger partial charge on any atom is 0.191 e. The lowest BCUT2D eigenvalue weighted by Crippen LogP contribution is -2.16. The molecule has 0 saturated carbocycles. The van der Waals surface area contributed by atoms with Crippen molar-refractivity contribution in [1.82, 2.24) is 24.9 Å². The number of benzene rings is 1. The van der Waals surface area contributed by atoms with E-state index in [9.17, 15) is 0 Å². The summed E-state index contributed by atoms with van der Waals surface area (Å²) in [5, 5.41) is 17.4. The van der Waals surface area contributed by atoms with Crippen LogP contribution in [0, 0.1) is 0 Å². The van der Waals surface area contributed by atoms with Crippen LogP contribution in [-0.2, 0) is 17.0 Å². The molecular formula is C23H21N5O2S2. The highest BCUT2D eigenvalue weighted by Crippen LogP contribution is 2.33. The van der Waals surface area contributed by atoms with Crippen molar-refractivity contribution in [2.24, 2.45) is 0 Å². The van der Waals surface area contributed by atoms with Crippen molar-refractivity contribution in [3.63, 3.8) is 0 Å². The monoisotopic (exact) mass is 463 g/mol. The van der Waals surface area contributed by atoms with Gasteiger partial charge >= 0.3 is 0 Å². The number of hydrogen-bond acceptors (Lipinski definition) is 7. The third-order valence-electron chi connectivity index (χ3n) is 5.63. The fourth-order valence-electron chi connectivity index (χ4n) is 4.06. The van der Waals surface area contributed by atoms with Gasteiger partial charge in [0.25, 0.3) is 0 Å². The van der Waals surface area contributed by atoms with E-state index in [0.717, 1.165) is 69.8 Å². The molecule has 0 amide bonds. The highest BCUT2D eigenvalue weighted by molar-refractivity contribution is 7.98. The molecule has 6 rings (SSSR count). The van der Waals surface area contributed by atoms with E-state index in [1.807, 2.05) is 41.9 Å². The number of thioether (sulfide) groups is 1. The standard InChI is InChI=1S/C23H21N5O2S2/c1-2-7-19-17(6-1)18(12-24-19)22-25-26-23(28(22)13-16-5-3-9-29-16)32-14-15-11-20(30-27-15)21-8-4-10-31-21/h1-2,4,6-8,10-12,16,24H,3,5,9,13-14H2. The molecule has 4 aromatic heterocycles. The number of nitrogens with zero attached hydrogens (tertiary/aromatic N) is 4. The highest BCUT2D eigenvalue weighted by atomic mass is 32.2. The predicted molar refractivity (Wildman–Crippen MR) is 126 cm³/mol. The van der Waals surface area contributed by atoms with Gasteiger partial charge in [-0.1, -0.05) is 41.2 Å². The maximum absolute atomic E-state index is 5.93. The molecule has 1 fully saturated rings. The van der Waals surface area contributed by atoms with Crippen molar-refractivity contribution in [3.8, 4) is 22.0 Å². The molecule has 1 aromatic carbocycles.